The summed E-state index contributed by atoms with van der Waals surface area (Å²) in [6, 6.07) is 2.61. The molecule has 17 heavy (non-hydrogen) atoms. The molecule has 0 radical (unpaired) electrons. The topological polar surface area (TPSA) is 26.0 Å². The molecule has 2 heteroatoms. The van der Waals surface area contributed by atoms with Crippen molar-refractivity contribution >= 4 is 11.3 Å². The fraction of sp³-hybridized carbons (Fsp3) is 0.733. The maximum atomic E-state index is 6.13. The van der Waals surface area contributed by atoms with Gasteiger partial charge in [0.15, 0.2) is 0 Å². The van der Waals surface area contributed by atoms with Crippen LogP contribution in [0, 0.1) is 0 Å². The molecule has 0 amide bonds. The highest BCUT2D eigenvalue weighted by Crippen LogP contribution is 2.13. The summed E-state index contributed by atoms with van der Waals surface area (Å²) < 4.78 is 0. The molecule has 1 rings (SSSR count). The van der Waals surface area contributed by atoms with Gasteiger partial charge < -0.3 is 5.73 Å². The Morgan fingerprint density at radius 1 is 1.12 bits per heavy atom. The van der Waals surface area contributed by atoms with Crippen LogP contribution in [0.1, 0.15) is 63.9 Å². The van der Waals surface area contributed by atoms with Crippen molar-refractivity contribution in [3.63, 3.8) is 0 Å². The van der Waals surface area contributed by atoms with Gasteiger partial charge in [-0.05, 0) is 41.7 Å². The molecule has 0 fully saturated rings. The number of unbranched alkanes of at least 4 members (excludes halogenated alkanes) is 5. The zero-order valence-electron chi connectivity index (χ0n) is 11.2. The maximum Gasteiger partial charge on any atom is 0.00419 e. The molecule has 0 aromatic carbocycles. The first-order valence-electron chi connectivity index (χ1n) is 7.09. The number of thiophene rings is 1. The summed E-state index contributed by atoms with van der Waals surface area (Å²) in [6.07, 6.45) is 11.7. The van der Waals surface area contributed by atoms with Crippen LogP contribution in [0.15, 0.2) is 16.8 Å². The summed E-state index contributed by atoms with van der Waals surface area (Å²) in [5.74, 6) is 0. The van der Waals surface area contributed by atoms with E-state index in [1.807, 2.05) is 0 Å². The molecule has 0 bridgehead atoms. The first-order valence-corrected chi connectivity index (χ1v) is 8.04. The van der Waals surface area contributed by atoms with Crippen molar-refractivity contribution in [1.29, 1.82) is 0 Å². The van der Waals surface area contributed by atoms with Crippen LogP contribution in [-0.4, -0.2) is 6.04 Å². The molecule has 0 saturated heterocycles. The van der Waals surface area contributed by atoms with Gasteiger partial charge in [0, 0.05) is 6.04 Å². The molecule has 1 nitrogen and oxygen atoms in total. The summed E-state index contributed by atoms with van der Waals surface area (Å²) in [4.78, 5) is 0. The van der Waals surface area contributed by atoms with Gasteiger partial charge in [-0.25, -0.2) is 0 Å². The second-order valence-electron chi connectivity index (χ2n) is 4.99. The maximum absolute atomic E-state index is 6.13. The van der Waals surface area contributed by atoms with Crippen LogP contribution < -0.4 is 5.73 Å². The van der Waals surface area contributed by atoms with Crippen molar-refractivity contribution in [2.45, 2.75) is 70.8 Å². The standard InChI is InChI=1S/C15H27NS/c1-2-3-4-5-6-7-8-15(16)10-9-14-11-12-17-13-14/h11-13,15H,2-10,16H2,1H3. The van der Waals surface area contributed by atoms with E-state index in [9.17, 15) is 0 Å². The van der Waals surface area contributed by atoms with Gasteiger partial charge in [-0.15, -0.1) is 0 Å². The second-order valence-corrected chi connectivity index (χ2v) is 5.77. The van der Waals surface area contributed by atoms with E-state index < -0.39 is 0 Å². The van der Waals surface area contributed by atoms with E-state index in [4.69, 9.17) is 5.73 Å². The van der Waals surface area contributed by atoms with Crippen LogP contribution in [0.5, 0.6) is 0 Å². The Hall–Kier alpha value is -0.340. The quantitative estimate of drug-likeness (QED) is 0.598. The lowest BCUT2D eigenvalue weighted by molar-refractivity contribution is 0.513. The van der Waals surface area contributed by atoms with Crippen LogP contribution in [0.25, 0.3) is 0 Å². The molecule has 0 aliphatic carbocycles. The largest absolute Gasteiger partial charge is 0.328 e. The number of nitrogens with two attached hydrogens (primary N) is 1. The Balaban J connectivity index is 1.92. The number of aryl methyl sites for hydroxylation is 1. The third-order valence-electron chi connectivity index (χ3n) is 3.31. The van der Waals surface area contributed by atoms with Gasteiger partial charge in [0.05, 0.1) is 0 Å². The van der Waals surface area contributed by atoms with Gasteiger partial charge in [0.2, 0.25) is 0 Å². The van der Waals surface area contributed by atoms with Crippen LogP contribution in [0.2, 0.25) is 0 Å². The van der Waals surface area contributed by atoms with E-state index in [2.05, 4.69) is 23.8 Å². The molecule has 98 valence electrons. The van der Waals surface area contributed by atoms with Crippen LogP contribution in [0.4, 0.5) is 0 Å². The molecule has 1 heterocycles. The summed E-state index contributed by atoms with van der Waals surface area (Å²) in [6.45, 7) is 2.26. The third kappa shape index (κ3) is 7.56. The van der Waals surface area contributed by atoms with Crippen molar-refractivity contribution in [3.8, 4) is 0 Å². The van der Waals surface area contributed by atoms with Gasteiger partial charge in [0.25, 0.3) is 0 Å². The van der Waals surface area contributed by atoms with E-state index in [1.165, 1.54) is 50.5 Å². The normalized spacial score (nSPS) is 12.8. The number of hydrogen-bond donors (Lipinski definition) is 1. The average molecular weight is 253 g/mol. The Labute approximate surface area is 110 Å². The monoisotopic (exact) mass is 253 g/mol. The van der Waals surface area contributed by atoms with Gasteiger partial charge in [0.1, 0.15) is 0 Å². The lowest BCUT2D eigenvalue weighted by Gasteiger charge is -2.10. The zero-order valence-corrected chi connectivity index (χ0v) is 12.0. The number of rotatable bonds is 10. The summed E-state index contributed by atoms with van der Waals surface area (Å²) in [7, 11) is 0. The van der Waals surface area contributed by atoms with Crippen molar-refractivity contribution in [2.24, 2.45) is 5.73 Å². The van der Waals surface area contributed by atoms with Crippen molar-refractivity contribution in [1.82, 2.24) is 0 Å². The zero-order chi connectivity index (χ0) is 12.3. The second kappa shape index (κ2) is 9.67. The molecule has 1 aromatic rings. The molecular weight excluding hydrogens is 226 g/mol. The summed E-state index contributed by atoms with van der Waals surface area (Å²) in [5, 5.41) is 4.38. The minimum atomic E-state index is 0.404. The Morgan fingerprint density at radius 3 is 2.59 bits per heavy atom. The highest BCUT2D eigenvalue weighted by atomic mass is 32.1. The molecule has 0 saturated carbocycles. The first-order chi connectivity index (χ1) is 8.33. The molecule has 2 N–H and O–H groups in total. The fourth-order valence-electron chi connectivity index (χ4n) is 2.12. The molecule has 1 atom stereocenters. The van der Waals surface area contributed by atoms with E-state index in [-0.39, 0.29) is 0 Å². The Kier molecular flexibility index (Phi) is 8.37. The van der Waals surface area contributed by atoms with E-state index in [0.29, 0.717) is 6.04 Å². The molecular formula is C15H27NS. The molecule has 1 aromatic heterocycles. The van der Waals surface area contributed by atoms with E-state index in [1.54, 1.807) is 11.3 Å². The summed E-state index contributed by atoms with van der Waals surface area (Å²) in [5.41, 5.74) is 7.59. The fourth-order valence-corrected chi connectivity index (χ4v) is 2.82. The van der Waals surface area contributed by atoms with Crippen molar-refractivity contribution in [2.75, 3.05) is 0 Å². The molecule has 0 aliphatic heterocycles. The minimum absolute atomic E-state index is 0.404. The van der Waals surface area contributed by atoms with E-state index in [0.717, 1.165) is 12.8 Å². The lowest BCUT2D eigenvalue weighted by atomic mass is 10.0. The Morgan fingerprint density at radius 2 is 1.88 bits per heavy atom. The van der Waals surface area contributed by atoms with Gasteiger partial charge in [-0.1, -0.05) is 45.4 Å². The predicted molar refractivity (Wildman–Crippen MR) is 78.6 cm³/mol. The molecule has 0 spiro atoms. The van der Waals surface area contributed by atoms with Crippen molar-refractivity contribution in [3.05, 3.63) is 22.4 Å². The van der Waals surface area contributed by atoms with Crippen LogP contribution in [-0.2, 0) is 6.42 Å². The lowest BCUT2D eigenvalue weighted by Crippen LogP contribution is -2.20. The predicted octanol–water partition coefficient (Wildman–Crippen LogP) is 4.76. The summed E-state index contributed by atoms with van der Waals surface area (Å²) >= 11 is 1.78. The highest BCUT2D eigenvalue weighted by molar-refractivity contribution is 7.07. The van der Waals surface area contributed by atoms with Gasteiger partial charge >= 0.3 is 0 Å². The third-order valence-corrected chi connectivity index (χ3v) is 4.04. The van der Waals surface area contributed by atoms with Crippen LogP contribution in [0.3, 0.4) is 0 Å². The highest BCUT2D eigenvalue weighted by Gasteiger charge is 2.03. The first kappa shape index (κ1) is 14.7. The van der Waals surface area contributed by atoms with Gasteiger partial charge in [-0.2, -0.15) is 11.3 Å². The number of hydrogen-bond acceptors (Lipinski definition) is 2. The Bertz CT molecular complexity index is 256. The van der Waals surface area contributed by atoms with E-state index >= 15 is 0 Å². The van der Waals surface area contributed by atoms with Crippen molar-refractivity contribution < 1.29 is 0 Å². The average Bonchev–Trinajstić information content (AvgIpc) is 2.84. The SMILES string of the molecule is CCCCCCCCC(N)CCc1ccsc1. The molecule has 1 unspecified atom stereocenters. The van der Waals surface area contributed by atoms with Gasteiger partial charge in [-0.3, -0.25) is 0 Å². The smallest absolute Gasteiger partial charge is 0.00419 e. The minimum Gasteiger partial charge on any atom is -0.328 e. The molecule has 0 aliphatic rings. The van der Waals surface area contributed by atoms with Crippen LogP contribution >= 0.6 is 11.3 Å².